The van der Waals surface area contributed by atoms with Crippen LogP contribution in [-0.4, -0.2) is 54.0 Å². The van der Waals surface area contributed by atoms with Gasteiger partial charge in [0.2, 0.25) is 5.91 Å². The summed E-state index contributed by atoms with van der Waals surface area (Å²) in [6, 6.07) is 23.4. The summed E-state index contributed by atoms with van der Waals surface area (Å²) in [5.74, 6) is 0.00554. The number of urea groups is 1. The minimum Gasteiger partial charge on any atom is -0.497 e. The first kappa shape index (κ1) is 25.7. The summed E-state index contributed by atoms with van der Waals surface area (Å²) >= 11 is 0. The predicted octanol–water partition coefficient (Wildman–Crippen LogP) is 2.72. The highest BCUT2D eigenvalue weighted by atomic mass is 16.5. The van der Waals surface area contributed by atoms with Crippen molar-refractivity contribution in [2.45, 2.75) is 25.7 Å². The van der Waals surface area contributed by atoms with E-state index < -0.39 is 18.1 Å². The van der Waals surface area contributed by atoms with Gasteiger partial charge in [0.1, 0.15) is 5.75 Å². The highest BCUT2D eigenvalue weighted by molar-refractivity contribution is 5.96. The van der Waals surface area contributed by atoms with Crippen LogP contribution in [0.5, 0.6) is 5.75 Å². The number of amides is 4. The second-order valence-electron chi connectivity index (χ2n) is 8.72. The highest BCUT2D eigenvalue weighted by Gasteiger charge is 2.42. The van der Waals surface area contributed by atoms with E-state index in [0.29, 0.717) is 18.0 Å². The number of nitrogens with one attached hydrogen (secondary N) is 2. The van der Waals surface area contributed by atoms with Crippen LogP contribution in [0.1, 0.15) is 16.7 Å². The van der Waals surface area contributed by atoms with Gasteiger partial charge in [-0.3, -0.25) is 14.5 Å². The van der Waals surface area contributed by atoms with Crippen LogP contribution in [0.4, 0.5) is 10.5 Å². The summed E-state index contributed by atoms with van der Waals surface area (Å²) in [5, 5.41) is 5.71. The summed E-state index contributed by atoms with van der Waals surface area (Å²) in [4.78, 5) is 42.7. The Morgan fingerprint density at radius 2 is 1.57 bits per heavy atom. The fourth-order valence-corrected chi connectivity index (χ4v) is 4.27. The van der Waals surface area contributed by atoms with Gasteiger partial charge in [-0.15, -0.1) is 0 Å². The molecule has 192 valence electrons. The van der Waals surface area contributed by atoms with Crippen molar-refractivity contribution in [3.05, 3.63) is 95.6 Å². The third kappa shape index (κ3) is 6.45. The minimum absolute atomic E-state index is 0.136. The molecule has 4 amide bonds. The lowest BCUT2D eigenvalue weighted by molar-refractivity contribution is -0.140. The van der Waals surface area contributed by atoms with Crippen LogP contribution in [0.2, 0.25) is 0 Å². The third-order valence-electron chi connectivity index (χ3n) is 6.22. The van der Waals surface area contributed by atoms with Crippen molar-refractivity contribution in [2.24, 2.45) is 5.73 Å². The molecule has 37 heavy (non-hydrogen) atoms. The van der Waals surface area contributed by atoms with Gasteiger partial charge in [-0.1, -0.05) is 54.6 Å². The summed E-state index contributed by atoms with van der Waals surface area (Å²) in [6.07, 6.45) is -0.941. The number of hydrogen-bond donors (Lipinski definition) is 3. The topological polar surface area (TPSA) is 117 Å². The molecule has 1 saturated heterocycles. The van der Waals surface area contributed by atoms with E-state index in [-0.39, 0.29) is 32.0 Å². The van der Waals surface area contributed by atoms with Crippen molar-refractivity contribution in [1.82, 2.24) is 15.1 Å². The Morgan fingerprint density at radius 3 is 2.27 bits per heavy atom. The lowest BCUT2D eigenvalue weighted by atomic mass is 10.1. The Bertz CT molecular complexity index is 1230. The number of carbonyl (C=O) groups is 3. The second kappa shape index (κ2) is 12.0. The van der Waals surface area contributed by atoms with Gasteiger partial charge in [0.05, 0.1) is 13.5 Å². The van der Waals surface area contributed by atoms with Crippen LogP contribution in [-0.2, 0) is 29.1 Å². The molecule has 3 aromatic carbocycles. The molecule has 0 radical (unpaired) electrons. The van der Waals surface area contributed by atoms with Gasteiger partial charge in [-0.25, -0.2) is 4.79 Å². The van der Waals surface area contributed by atoms with Crippen LogP contribution in [0, 0.1) is 0 Å². The number of methoxy groups -OCH3 is 1. The molecule has 0 aromatic heterocycles. The molecule has 1 atom stereocenters. The molecular weight excluding hydrogens is 470 g/mol. The van der Waals surface area contributed by atoms with Gasteiger partial charge < -0.3 is 26.0 Å². The van der Waals surface area contributed by atoms with Crippen LogP contribution >= 0.6 is 0 Å². The number of rotatable bonds is 8. The Balaban J connectivity index is 1.51. The van der Waals surface area contributed by atoms with Crippen LogP contribution in [0.25, 0.3) is 0 Å². The second-order valence-corrected chi connectivity index (χ2v) is 8.72. The molecule has 4 N–H and O–H groups in total. The molecule has 1 fully saturated rings. The van der Waals surface area contributed by atoms with E-state index in [1.54, 1.807) is 31.4 Å². The summed E-state index contributed by atoms with van der Waals surface area (Å²) in [6.45, 7) is 1.12. The average Bonchev–Trinajstić information content (AvgIpc) is 3.39. The first-order chi connectivity index (χ1) is 18.0. The SMILES string of the molecule is COc1ccc(NC(=O)N2CCN(C(=O)Cc3ccccc3)C2C(=O)NCc2cccc(CN)c2)cc1. The van der Waals surface area contributed by atoms with Crippen molar-refractivity contribution in [1.29, 1.82) is 0 Å². The summed E-state index contributed by atoms with van der Waals surface area (Å²) in [7, 11) is 1.56. The molecule has 1 aliphatic heterocycles. The Kier molecular flexibility index (Phi) is 8.37. The molecule has 4 rings (SSSR count). The lowest BCUT2D eigenvalue weighted by Gasteiger charge is -2.29. The molecule has 9 nitrogen and oxygen atoms in total. The molecule has 0 aliphatic carbocycles. The van der Waals surface area contributed by atoms with E-state index in [2.05, 4.69) is 10.6 Å². The maximum Gasteiger partial charge on any atom is 0.323 e. The number of nitrogens with zero attached hydrogens (tertiary/aromatic N) is 2. The third-order valence-corrected chi connectivity index (χ3v) is 6.22. The molecule has 1 heterocycles. The van der Waals surface area contributed by atoms with Crippen molar-refractivity contribution in [3.63, 3.8) is 0 Å². The summed E-state index contributed by atoms with van der Waals surface area (Å²) < 4.78 is 5.16. The van der Waals surface area contributed by atoms with Crippen molar-refractivity contribution in [2.75, 3.05) is 25.5 Å². The van der Waals surface area contributed by atoms with E-state index in [9.17, 15) is 14.4 Å². The van der Waals surface area contributed by atoms with Crippen molar-refractivity contribution < 1.29 is 19.1 Å². The Morgan fingerprint density at radius 1 is 0.892 bits per heavy atom. The number of hydrogen-bond acceptors (Lipinski definition) is 5. The molecule has 0 spiro atoms. The quantitative estimate of drug-likeness (QED) is 0.439. The van der Waals surface area contributed by atoms with Crippen molar-refractivity contribution >= 4 is 23.5 Å². The van der Waals surface area contributed by atoms with Crippen LogP contribution < -0.4 is 21.1 Å². The number of nitrogens with two attached hydrogens (primary N) is 1. The fourth-order valence-electron chi connectivity index (χ4n) is 4.27. The largest absolute Gasteiger partial charge is 0.497 e. The van der Waals surface area contributed by atoms with Crippen LogP contribution in [0.15, 0.2) is 78.9 Å². The Labute approximate surface area is 216 Å². The maximum absolute atomic E-state index is 13.4. The molecular formula is C28H31N5O4. The number of carbonyl (C=O) groups excluding carboxylic acids is 3. The molecule has 1 unspecified atom stereocenters. The zero-order valence-electron chi connectivity index (χ0n) is 20.7. The zero-order chi connectivity index (χ0) is 26.2. The van der Waals surface area contributed by atoms with Gasteiger partial charge >= 0.3 is 6.03 Å². The first-order valence-electron chi connectivity index (χ1n) is 12.1. The van der Waals surface area contributed by atoms with Gasteiger partial charge in [0.15, 0.2) is 6.17 Å². The number of ether oxygens (including phenoxy) is 1. The predicted molar refractivity (Wildman–Crippen MR) is 141 cm³/mol. The molecule has 0 bridgehead atoms. The van der Waals surface area contributed by atoms with Crippen molar-refractivity contribution in [3.8, 4) is 5.75 Å². The van der Waals surface area contributed by atoms with E-state index in [0.717, 1.165) is 16.7 Å². The fraction of sp³-hybridized carbons (Fsp3) is 0.250. The van der Waals surface area contributed by atoms with E-state index in [1.807, 2.05) is 54.6 Å². The number of anilines is 1. The Hall–Kier alpha value is -4.37. The average molecular weight is 502 g/mol. The van der Waals surface area contributed by atoms with Gasteiger partial charge in [0.25, 0.3) is 5.91 Å². The summed E-state index contributed by atoms with van der Waals surface area (Å²) in [5.41, 5.74) is 8.95. The molecule has 0 saturated carbocycles. The zero-order valence-corrected chi connectivity index (χ0v) is 20.7. The van der Waals surface area contributed by atoms with E-state index in [1.165, 1.54) is 9.80 Å². The molecule has 1 aliphatic rings. The van der Waals surface area contributed by atoms with E-state index in [4.69, 9.17) is 10.5 Å². The smallest absolute Gasteiger partial charge is 0.323 e. The highest BCUT2D eigenvalue weighted by Crippen LogP contribution is 2.21. The van der Waals surface area contributed by atoms with E-state index >= 15 is 0 Å². The monoisotopic (exact) mass is 501 g/mol. The minimum atomic E-state index is -1.08. The molecule has 3 aromatic rings. The van der Waals surface area contributed by atoms with Gasteiger partial charge in [0, 0.05) is 31.9 Å². The maximum atomic E-state index is 13.4. The van der Waals surface area contributed by atoms with Gasteiger partial charge in [-0.05, 0) is 41.0 Å². The standard InChI is InChI=1S/C28H31N5O4/c1-37-24-12-10-23(11-13-24)31-28(36)33-15-14-32(25(34)17-20-6-3-2-4-7-20)27(33)26(35)30-19-22-9-5-8-21(16-22)18-29/h2-13,16,27H,14-15,17-19,29H2,1H3,(H,30,35)(H,31,36). The first-order valence-corrected chi connectivity index (χ1v) is 12.1. The normalized spacial score (nSPS) is 14.8. The lowest BCUT2D eigenvalue weighted by Crippen LogP contribution is -2.54. The van der Waals surface area contributed by atoms with Crippen LogP contribution in [0.3, 0.4) is 0 Å². The number of benzene rings is 3. The molecule has 9 heteroatoms. The van der Waals surface area contributed by atoms with Gasteiger partial charge in [-0.2, -0.15) is 0 Å².